The van der Waals surface area contributed by atoms with Crippen molar-refractivity contribution >= 4 is 38.4 Å². The Labute approximate surface area is 200 Å². The molecule has 2 amide bonds. The molecule has 3 aromatic carbocycles. The summed E-state index contributed by atoms with van der Waals surface area (Å²) in [5.74, 6) is -1.39. The number of para-hydroxylation sites is 1. The van der Waals surface area contributed by atoms with E-state index in [1.165, 1.54) is 30.5 Å². The van der Waals surface area contributed by atoms with Crippen LogP contribution in [0.5, 0.6) is 11.5 Å². The van der Waals surface area contributed by atoms with Gasteiger partial charge in [-0.05, 0) is 42.0 Å². The van der Waals surface area contributed by atoms with Gasteiger partial charge in [0, 0.05) is 11.6 Å². The molecule has 5 rings (SSSR count). The molecule has 0 bridgehead atoms. The quantitative estimate of drug-likeness (QED) is 0.403. The summed E-state index contributed by atoms with van der Waals surface area (Å²) in [4.78, 5) is 32.5. The molecule has 0 fully saturated rings. The zero-order valence-electron chi connectivity index (χ0n) is 18.4. The van der Waals surface area contributed by atoms with Gasteiger partial charge >= 0.3 is 0 Å². The van der Waals surface area contributed by atoms with Gasteiger partial charge in [0.05, 0.1) is 29.6 Å². The van der Waals surface area contributed by atoms with Gasteiger partial charge in [-0.3, -0.25) is 24.2 Å². The summed E-state index contributed by atoms with van der Waals surface area (Å²) in [6.07, 6.45) is 2.43. The number of nitrogens with one attached hydrogen (secondary N) is 1. The second kappa shape index (κ2) is 8.48. The monoisotopic (exact) mass is 491 g/mol. The Morgan fingerprint density at radius 2 is 1.63 bits per heavy atom. The van der Waals surface area contributed by atoms with E-state index in [1.54, 1.807) is 42.5 Å². The number of ether oxygens (including phenoxy) is 1. The highest BCUT2D eigenvalue weighted by Crippen LogP contribution is 2.45. The van der Waals surface area contributed by atoms with Crippen LogP contribution in [-0.2, 0) is 16.6 Å². The molecular formula is C25H18FN3O5S. The molecule has 0 aliphatic carbocycles. The number of halogens is 1. The Morgan fingerprint density at radius 3 is 2.31 bits per heavy atom. The smallest absolute Gasteiger partial charge is 0.265 e. The van der Waals surface area contributed by atoms with E-state index in [0.29, 0.717) is 16.7 Å². The number of sulfonamides is 1. The lowest BCUT2D eigenvalue weighted by Gasteiger charge is -2.16. The first-order chi connectivity index (χ1) is 16.7. The van der Waals surface area contributed by atoms with Gasteiger partial charge in [0.2, 0.25) is 10.0 Å². The minimum atomic E-state index is -3.83. The number of hydrogen-bond acceptors (Lipinski definition) is 6. The maximum Gasteiger partial charge on any atom is 0.265 e. The molecule has 0 atom stereocenters. The van der Waals surface area contributed by atoms with Gasteiger partial charge in [-0.15, -0.1) is 0 Å². The molecule has 35 heavy (non-hydrogen) atoms. The molecular weight excluding hydrogens is 473 g/mol. The van der Waals surface area contributed by atoms with Crippen molar-refractivity contribution in [2.24, 2.45) is 0 Å². The molecule has 8 nitrogen and oxygen atoms in total. The number of carbonyl (C=O) groups excluding carboxylic acids is 2. The maximum absolute atomic E-state index is 13.6. The van der Waals surface area contributed by atoms with Crippen LogP contribution in [0, 0.1) is 5.82 Å². The molecule has 2 heterocycles. The van der Waals surface area contributed by atoms with Crippen LogP contribution >= 0.6 is 0 Å². The molecule has 176 valence electrons. The third-order valence-electron chi connectivity index (χ3n) is 5.44. The van der Waals surface area contributed by atoms with E-state index in [-0.39, 0.29) is 34.6 Å². The predicted octanol–water partition coefficient (Wildman–Crippen LogP) is 4.33. The molecule has 0 saturated carbocycles. The number of rotatable bonds is 6. The number of nitrogens with zero attached hydrogens (tertiary/aromatic N) is 2. The second-order valence-electron chi connectivity index (χ2n) is 7.97. The van der Waals surface area contributed by atoms with Crippen molar-refractivity contribution in [3.63, 3.8) is 0 Å². The van der Waals surface area contributed by atoms with E-state index < -0.39 is 27.7 Å². The van der Waals surface area contributed by atoms with Crippen LogP contribution in [0.15, 0.2) is 72.9 Å². The SMILES string of the molecule is CS(=O)(=O)Nc1c2c(c(Oc3ccccc3)c3ncccc13)C(=O)N(Cc1ccc(F)cc1)C2=O. The van der Waals surface area contributed by atoms with Crippen molar-refractivity contribution < 1.29 is 27.1 Å². The molecule has 1 aliphatic rings. The highest BCUT2D eigenvalue weighted by molar-refractivity contribution is 7.92. The zero-order valence-corrected chi connectivity index (χ0v) is 19.2. The number of carbonyl (C=O) groups is 2. The van der Waals surface area contributed by atoms with Crippen molar-refractivity contribution in [2.45, 2.75) is 6.54 Å². The number of anilines is 1. The van der Waals surface area contributed by atoms with Gasteiger partial charge in [0.25, 0.3) is 11.8 Å². The van der Waals surface area contributed by atoms with Crippen molar-refractivity contribution in [1.82, 2.24) is 9.88 Å². The van der Waals surface area contributed by atoms with Crippen LogP contribution in [0.3, 0.4) is 0 Å². The largest absolute Gasteiger partial charge is 0.454 e. The van der Waals surface area contributed by atoms with Crippen LogP contribution < -0.4 is 9.46 Å². The van der Waals surface area contributed by atoms with Gasteiger partial charge in [-0.2, -0.15) is 0 Å². The van der Waals surface area contributed by atoms with Crippen LogP contribution in [0.2, 0.25) is 0 Å². The topological polar surface area (TPSA) is 106 Å². The summed E-state index contributed by atoms with van der Waals surface area (Å²) >= 11 is 0. The number of imide groups is 1. The van der Waals surface area contributed by atoms with Crippen molar-refractivity contribution in [3.8, 4) is 11.5 Å². The van der Waals surface area contributed by atoms with Gasteiger partial charge in [-0.1, -0.05) is 30.3 Å². The van der Waals surface area contributed by atoms with E-state index in [9.17, 15) is 22.4 Å². The van der Waals surface area contributed by atoms with Crippen LogP contribution in [0.1, 0.15) is 26.3 Å². The number of fused-ring (bicyclic) bond motifs is 2. The highest BCUT2D eigenvalue weighted by atomic mass is 32.2. The van der Waals surface area contributed by atoms with Crippen LogP contribution in [-0.4, -0.2) is 36.4 Å². The molecule has 0 saturated heterocycles. The van der Waals surface area contributed by atoms with E-state index in [0.717, 1.165) is 11.2 Å². The normalized spacial score (nSPS) is 13.3. The van der Waals surface area contributed by atoms with Crippen molar-refractivity contribution in [3.05, 3.63) is 95.4 Å². The van der Waals surface area contributed by atoms with E-state index in [4.69, 9.17) is 4.74 Å². The van der Waals surface area contributed by atoms with Gasteiger partial charge < -0.3 is 4.74 Å². The summed E-state index contributed by atoms with van der Waals surface area (Å²) < 4.78 is 46.2. The Balaban J connectivity index is 1.74. The number of pyridine rings is 1. The lowest BCUT2D eigenvalue weighted by Crippen LogP contribution is -2.29. The van der Waals surface area contributed by atoms with Crippen LogP contribution in [0.25, 0.3) is 10.9 Å². The van der Waals surface area contributed by atoms with Gasteiger partial charge in [-0.25, -0.2) is 12.8 Å². The fourth-order valence-corrected chi connectivity index (χ4v) is 4.56. The molecule has 4 aromatic rings. The van der Waals surface area contributed by atoms with E-state index in [2.05, 4.69) is 9.71 Å². The fraction of sp³-hybridized carbons (Fsp3) is 0.0800. The van der Waals surface area contributed by atoms with Gasteiger partial charge in [0.15, 0.2) is 5.75 Å². The molecule has 1 aromatic heterocycles. The Morgan fingerprint density at radius 1 is 0.943 bits per heavy atom. The van der Waals surface area contributed by atoms with Crippen LogP contribution in [0.4, 0.5) is 10.1 Å². The lowest BCUT2D eigenvalue weighted by molar-refractivity contribution is 0.0642. The number of aromatic nitrogens is 1. The number of hydrogen-bond donors (Lipinski definition) is 1. The average Bonchev–Trinajstić information content (AvgIpc) is 3.07. The van der Waals surface area contributed by atoms with E-state index in [1.807, 2.05) is 0 Å². The first kappa shape index (κ1) is 22.5. The number of amides is 2. The third kappa shape index (κ3) is 4.19. The summed E-state index contributed by atoms with van der Waals surface area (Å²) in [5, 5.41) is 0.299. The minimum Gasteiger partial charge on any atom is -0.454 e. The second-order valence-corrected chi connectivity index (χ2v) is 9.71. The van der Waals surface area contributed by atoms with Crippen molar-refractivity contribution in [2.75, 3.05) is 11.0 Å². The molecule has 1 N–H and O–H groups in total. The molecule has 0 unspecified atom stereocenters. The summed E-state index contributed by atoms with van der Waals surface area (Å²) in [6.45, 7) is -0.139. The predicted molar refractivity (Wildman–Crippen MR) is 127 cm³/mol. The molecule has 0 spiro atoms. The fourth-order valence-electron chi connectivity index (χ4n) is 3.97. The lowest BCUT2D eigenvalue weighted by atomic mass is 10.0. The van der Waals surface area contributed by atoms with E-state index >= 15 is 0 Å². The summed E-state index contributed by atoms with van der Waals surface area (Å²) in [5.41, 5.74) is 0.455. The minimum absolute atomic E-state index is 0.0424. The molecule has 0 radical (unpaired) electrons. The highest BCUT2D eigenvalue weighted by Gasteiger charge is 2.43. The average molecular weight is 492 g/mol. The van der Waals surface area contributed by atoms with Gasteiger partial charge in [0.1, 0.15) is 17.1 Å². The Hall–Kier alpha value is -4.31. The molecule has 10 heteroatoms. The summed E-state index contributed by atoms with van der Waals surface area (Å²) in [7, 11) is -3.83. The number of benzene rings is 3. The Bertz CT molecular complexity index is 1590. The van der Waals surface area contributed by atoms with Crippen molar-refractivity contribution in [1.29, 1.82) is 0 Å². The first-order valence-corrected chi connectivity index (χ1v) is 12.4. The standard InChI is InChI=1S/C25H18FN3O5S/c1-35(32,33)28-21-18-8-5-13-27-22(18)23(34-17-6-3-2-4-7-17)20-19(21)24(30)29(25(20)31)14-15-9-11-16(26)12-10-15/h2-13,28H,14H2,1H3. The first-order valence-electron chi connectivity index (χ1n) is 10.5. The zero-order chi connectivity index (χ0) is 24.7. The molecule has 1 aliphatic heterocycles. The maximum atomic E-state index is 13.6. The Kier molecular flexibility index (Phi) is 5.45. The summed E-state index contributed by atoms with van der Waals surface area (Å²) in [6, 6.07) is 17.2. The third-order valence-corrected chi connectivity index (χ3v) is 6.02.